The van der Waals surface area contributed by atoms with Crippen LogP contribution in [0.1, 0.15) is 38.1 Å². The van der Waals surface area contributed by atoms with Gasteiger partial charge < -0.3 is 34.6 Å². The van der Waals surface area contributed by atoms with Gasteiger partial charge in [0.15, 0.2) is 0 Å². The number of aromatic nitrogens is 3. The van der Waals surface area contributed by atoms with Gasteiger partial charge in [-0.05, 0) is 51.0 Å². The van der Waals surface area contributed by atoms with Gasteiger partial charge in [-0.15, -0.1) is 0 Å². The highest BCUT2D eigenvalue weighted by molar-refractivity contribution is 5.96. The zero-order valence-corrected chi connectivity index (χ0v) is 23.4. The number of carbonyl (C=O) groups is 3. The van der Waals surface area contributed by atoms with Crippen LogP contribution in [0.2, 0.25) is 0 Å². The van der Waals surface area contributed by atoms with Crippen LogP contribution in [0.25, 0.3) is 11.0 Å². The molecule has 0 aliphatic carbocycles. The molecule has 3 N–H and O–H groups in total. The summed E-state index contributed by atoms with van der Waals surface area (Å²) in [4.78, 5) is 59.1. The van der Waals surface area contributed by atoms with Crippen molar-refractivity contribution in [1.82, 2.24) is 24.8 Å². The molecule has 214 valence electrons. The first-order chi connectivity index (χ1) is 19.1. The molecule has 12 nitrogen and oxygen atoms in total. The van der Waals surface area contributed by atoms with Gasteiger partial charge in [-0.3, -0.25) is 14.4 Å². The molecule has 0 unspecified atom stereocenters. The number of imidazole rings is 1. The maximum Gasteiger partial charge on any atom is 0.407 e. The molecular formula is C28H36N6O6. The van der Waals surface area contributed by atoms with Gasteiger partial charge in [0.1, 0.15) is 17.6 Å². The number of nitrogens with zero attached hydrogens (tertiary/aromatic N) is 3. The highest BCUT2D eigenvalue weighted by Gasteiger charge is 2.22. The highest BCUT2D eigenvalue weighted by Crippen LogP contribution is 2.18. The second-order valence-electron chi connectivity index (χ2n) is 9.60. The lowest BCUT2D eigenvalue weighted by molar-refractivity contribution is -0.123. The summed E-state index contributed by atoms with van der Waals surface area (Å²) in [6.45, 7) is 4.50. The average molecular weight is 553 g/mol. The van der Waals surface area contributed by atoms with Crippen molar-refractivity contribution in [3.63, 3.8) is 0 Å². The van der Waals surface area contributed by atoms with Gasteiger partial charge in [-0.1, -0.05) is 18.2 Å². The van der Waals surface area contributed by atoms with Crippen molar-refractivity contribution in [3.05, 3.63) is 70.4 Å². The number of pyridine rings is 1. The molecule has 1 aromatic carbocycles. The lowest BCUT2D eigenvalue weighted by atomic mass is 10.1. The molecular weight excluding hydrogens is 516 g/mol. The van der Waals surface area contributed by atoms with Crippen molar-refractivity contribution in [3.8, 4) is 0 Å². The Balaban J connectivity index is 1.74. The Morgan fingerprint density at radius 2 is 1.95 bits per heavy atom. The summed E-state index contributed by atoms with van der Waals surface area (Å²) in [5.41, 5.74) is 2.15. The van der Waals surface area contributed by atoms with Crippen LogP contribution in [-0.2, 0) is 32.2 Å². The van der Waals surface area contributed by atoms with Gasteiger partial charge in [-0.2, -0.15) is 0 Å². The summed E-state index contributed by atoms with van der Waals surface area (Å²) in [6.07, 6.45) is 4.41. The second kappa shape index (κ2) is 14.1. The number of allylic oxidation sites excluding steroid dienone is 1. The number of fused-ring (bicyclic) bond motifs is 1. The van der Waals surface area contributed by atoms with E-state index in [0.717, 1.165) is 16.6 Å². The number of hydrogen-bond acceptors (Lipinski definition) is 7. The molecule has 0 fully saturated rings. The first-order valence-electron chi connectivity index (χ1n) is 12.9. The maximum absolute atomic E-state index is 13.2. The molecule has 2 heterocycles. The Morgan fingerprint density at radius 3 is 2.65 bits per heavy atom. The van der Waals surface area contributed by atoms with E-state index in [1.807, 2.05) is 32.0 Å². The second-order valence-corrected chi connectivity index (χ2v) is 9.60. The molecule has 2 aromatic heterocycles. The number of nitrogens with one attached hydrogen (secondary N) is 3. The number of H-pyrrole nitrogens is 1. The lowest BCUT2D eigenvalue weighted by Crippen LogP contribution is -2.44. The van der Waals surface area contributed by atoms with Gasteiger partial charge in [0.2, 0.25) is 11.8 Å². The maximum atomic E-state index is 13.2. The van der Waals surface area contributed by atoms with Crippen LogP contribution in [0.3, 0.4) is 0 Å². The van der Waals surface area contributed by atoms with Crippen LogP contribution >= 0.6 is 0 Å². The molecule has 0 saturated carbocycles. The topological polar surface area (TPSA) is 148 Å². The minimum atomic E-state index is -0.999. The van der Waals surface area contributed by atoms with Crippen molar-refractivity contribution >= 4 is 34.6 Å². The number of likely N-dealkylation sites (N-methyl/N-ethyl adjacent to an activating group) is 1. The molecule has 0 radical (unpaired) electrons. The highest BCUT2D eigenvalue weighted by atomic mass is 16.5. The third kappa shape index (κ3) is 8.27. The van der Waals surface area contributed by atoms with E-state index in [1.54, 1.807) is 32.4 Å². The number of para-hydroxylation sites is 1. The number of anilines is 1. The van der Waals surface area contributed by atoms with E-state index in [4.69, 9.17) is 4.74 Å². The van der Waals surface area contributed by atoms with Crippen LogP contribution in [0.5, 0.6) is 0 Å². The Labute approximate surface area is 232 Å². The van der Waals surface area contributed by atoms with Crippen molar-refractivity contribution in [2.75, 3.05) is 26.5 Å². The predicted molar refractivity (Wildman–Crippen MR) is 151 cm³/mol. The van der Waals surface area contributed by atoms with Crippen LogP contribution in [0.15, 0.2) is 53.5 Å². The smallest absolute Gasteiger partial charge is 0.407 e. The van der Waals surface area contributed by atoms with Crippen molar-refractivity contribution in [2.24, 2.45) is 0 Å². The molecule has 0 spiro atoms. The Morgan fingerprint density at radius 1 is 1.18 bits per heavy atom. The Kier molecular flexibility index (Phi) is 10.6. The number of ether oxygens (including phenoxy) is 2. The molecule has 3 aromatic rings. The first kappa shape index (κ1) is 30.1. The summed E-state index contributed by atoms with van der Waals surface area (Å²) in [7, 11) is 4.44. The number of rotatable bonds is 12. The van der Waals surface area contributed by atoms with Crippen LogP contribution in [-0.4, -0.2) is 70.7 Å². The number of benzene rings is 1. The van der Waals surface area contributed by atoms with Gasteiger partial charge in [0.05, 0.1) is 37.4 Å². The molecule has 0 saturated heterocycles. The SMILES string of the molecule is COC(=O)N[C@@H](CC/C=C/C(=O)N(C)C)C(=O)Nc1cccn(Cc2nc3c(COC(C)C)cccc3[nH]2)c1=O. The molecule has 1 atom stereocenters. The van der Waals surface area contributed by atoms with Crippen molar-refractivity contribution < 1.29 is 23.9 Å². The molecule has 0 bridgehead atoms. The Hall–Kier alpha value is -4.45. The number of hydrogen-bond donors (Lipinski definition) is 3. The standard InChI is InChI=1S/C28H36N6O6/c1-18(2)40-17-19-10-8-12-20-25(19)32-23(29-20)16-34-15-9-13-22(27(34)37)30-26(36)21(31-28(38)39-5)11-6-7-14-24(35)33(3)4/h7-10,12-15,18,21H,6,11,16-17H2,1-5H3,(H,29,32)(H,30,36)(H,31,38)/b14-7+/t21-/m0/s1. The van der Waals surface area contributed by atoms with E-state index in [9.17, 15) is 19.2 Å². The van der Waals surface area contributed by atoms with Crippen LogP contribution in [0.4, 0.5) is 10.5 Å². The minimum Gasteiger partial charge on any atom is -0.453 e. The summed E-state index contributed by atoms with van der Waals surface area (Å²) in [5.74, 6) is -0.218. The monoisotopic (exact) mass is 552 g/mol. The molecule has 40 heavy (non-hydrogen) atoms. The van der Waals surface area contributed by atoms with Crippen molar-refractivity contribution in [1.29, 1.82) is 0 Å². The number of methoxy groups -OCH3 is 1. The number of alkyl carbamates (subject to hydrolysis) is 1. The normalized spacial score (nSPS) is 12.1. The third-order valence-electron chi connectivity index (χ3n) is 5.93. The van der Waals surface area contributed by atoms with Crippen LogP contribution in [0, 0.1) is 0 Å². The zero-order chi connectivity index (χ0) is 29.2. The van der Waals surface area contributed by atoms with E-state index in [-0.39, 0.29) is 30.7 Å². The summed E-state index contributed by atoms with van der Waals surface area (Å²) < 4.78 is 11.8. The molecule has 0 aliphatic heterocycles. The molecule has 12 heteroatoms. The van der Waals surface area contributed by atoms with E-state index < -0.39 is 23.6 Å². The molecule has 3 rings (SSSR count). The summed E-state index contributed by atoms with van der Waals surface area (Å²) in [6, 6.07) is 7.90. The lowest BCUT2D eigenvalue weighted by Gasteiger charge is -2.17. The fraction of sp³-hybridized carbons (Fsp3) is 0.393. The van der Waals surface area contributed by atoms with E-state index >= 15 is 0 Å². The fourth-order valence-electron chi connectivity index (χ4n) is 3.79. The third-order valence-corrected chi connectivity index (χ3v) is 5.93. The van der Waals surface area contributed by atoms with Gasteiger partial charge in [0.25, 0.3) is 5.56 Å². The van der Waals surface area contributed by atoms with Crippen molar-refractivity contribution in [2.45, 2.75) is 52.0 Å². The van der Waals surface area contributed by atoms with Gasteiger partial charge >= 0.3 is 6.09 Å². The number of carbonyl (C=O) groups excluding carboxylic acids is 3. The van der Waals surface area contributed by atoms with E-state index in [2.05, 4.69) is 25.3 Å². The van der Waals surface area contributed by atoms with E-state index in [0.29, 0.717) is 18.9 Å². The first-order valence-corrected chi connectivity index (χ1v) is 12.9. The van der Waals surface area contributed by atoms with Gasteiger partial charge in [-0.25, -0.2) is 9.78 Å². The average Bonchev–Trinajstić information content (AvgIpc) is 3.34. The quantitative estimate of drug-likeness (QED) is 0.293. The summed E-state index contributed by atoms with van der Waals surface area (Å²) >= 11 is 0. The number of aromatic amines is 1. The fourth-order valence-corrected chi connectivity index (χ4v) is 3.79. The van der Waals surface area contributed by atoms with E-state index in [1.165, 1.54) is 28.7 Å². The zero-order valence-electron chi connectivity index (χ0n) is 23.4. The Bertz CT molecular complexity index is 1420. The predicted octanol–water partition coefficient (Wildman–Crippen LogP) is 2.79. The van der Waals surface area contributed by atoms with Crippen LogP contribution < -0.4 is 16.2 Å². The molecule has 3 amide bonds. The molecule has 0 aliphatic rings. The largest absolute Gasteiger partial charge is 0.453 e. The number of amides is 3. The minimum absolute atomic E-state index is 0.0460. The van der Waals surface area contributed by atoms with Gasteiger partial charge in [0, 0.05) is 25.9 Å². The summed E-state index contributed by atoms with van der Waals surface area (Å²) in [5, 5.41) is 5.08.